The van der Waals surface area contributed by atoms with E-state index in [2.05, 4.69) is 11.3 Å². The van der Waals surface area contributed by atoms with Gasteiger partial charge in [0.05, 0.1) is 6.61 Å². The van der Waals surface area contributed by atoms with Crippen LogP contribution in [0.4, 0.5) is 0 Å². The normalized spacial score (nSPS) is 8.91. The highest BCUT2D eigenvalue weighted by Crippen LogP contribution is 1.99. The summed E-state index contributed by atoms with van der Waals surface area (Å²) in [5.74, 6) is -1.42. The molecule has 62 valence electrons. The lowest BCUT2D eigenvalue weighted by Crippen LogP contribution is -2.18. The van der Waals surface area contributed by atoms with E-state index in [0.29, 0.717) is 12.0 Å². The molecule has 0 amide bonds. The van der Waals surface area contributed by atoms with Crippen LogP contribution in [-0.4, -0.2) is 18.4 Å². The van der Waals surface area contributed by atoms with E-state index in [1.165, 1.54) is 0 Å². The van der Waals surface area contributed by atoms with Gasteiger partial charge in [-0.1, -0.05) is 13.5 Å². The van der Waals surface area contributed by atoms with E-state index in [-0.39, 0.29) is 6.61 Å². The van der Waals surface area contributed by atoms with Gasteiger partial charge in [0.2, 0.25) is 0 Å². The van der Waals surface area contributed by atoms with Crippen molar-refractivity contribution >= 4 is 11.8 Å². The SMILES string of the molecule is C=C(CC)C(=O)C(=O)OCC. The van der Waals surface area contributed by atoms with Crippen LogP contribution in [0.1, 0.15) is 20.3 Å². The Hall–Kier alpha value is -1.12. The monoisotopic (exact) mass is 156 g/mol. The van der Waals surface area contributed by atoms with Gasteiger partial charge in [0, 0.05) is 0 Å². The minimum absolute atomic E-state index is 0.224. The molecule has 0 aromatic carbocycles. The summed E-state index contributed by atoms with van der Waals surface area (Å²) in [7, 11) is 0. The maximum atomic E-state index is 10.9. The van der Waals surface area contributed by atoms with E-state index in [1.807, 2.05) is 0 Å². The highest BCUT2D eigenvalue weighted by Gasteiger charge is 2.16. The molecule has 0 unspecified atom stereocenters. The van der Waals surface area contributed by atoms with Crippen molar-refractivity contribution in [1.29, 1.82) is 0 Å². The molecule has 0 fully saturated rings. The molecule has 11 heavy (non-hydrogen) atoms. The van der Waals surface area contributed by atoms with Crippen LogP contribution in [0.15, 0.2) is 12.2 Å². The fourth-order valence-corrected chi connectivity index (χ4v) is 0.502. The number of ketones is 1. The fraction of sp³-hybridized carbons (Fsp3) is 0.500. The third-order valence-corrected chi connectivity index (χ3v) is 1.21. The van der Waals surface area contributed by atoms with Crippen LogP contribution in [0.2, 0.25) is 0 Å². The van der Waals surface area contributed by atoms with Gasteiger partial charge in [-0.3, -0.25) is 4.79 Å². The van der Waals surface area contributed by atoms with Crippen molar-refractivity contribution in [2.75, 3.05) is 6.61 Å². The van der Waals surface area contributed by atoms with Gasteiger partial charge in [-0.2, -0.15) is 0 Å². The molecule has 0 atom stereocenters. The quantitative estimate of drug-likeness (QED) is 0.347. The molecule has 0 aliphatic carbocycles. The summed E-state index contributed by atoms with van der Waals surface area (Å²) in [6, 6.07) is 0. The number of esters is 1. The molecule has 0 spiro atoms. The Labute approximate surface area is 66.0 Å². The first-order chi connectivity index (χ1) is 5.13. The first kappa shape index (κ1) is 9.88. The van der Waals surface area contributed by atoms with Crippen molar-refractivity contribution < 1.29 is 14.3 Å². The molecule has 0 aliphatic heterocycles. The summed E-state index contributed by atoms with van der Waals surface area (Å²) in [5, 5.41) is 0. The second-order valence-corrected chi connectivity index (χ2v) is 2.01. The number of carbonyl (C=O) groups excluding carboxylic acids is 2. The molecular weight excluding hydrogens is 144 g/mol. The lowest BCUT2D eigenvalue weighted by Gasteiger charge is -2.00. The lowest BCUT2D eigenvalue weighted by molar-refractivity contribution is -0.151. The minimum Gasteiger partial charge on any atom is -0.460 e. The van der Waals surface area contributed by atoms with Gasteiger partial charge in [0.25, 0.3) is 5.78 Å². The van der Waals surface area contributed by atoms with Gasteiger partial charge in [0.15, 0.2) is 0 Å². The molecule has 3 heteroatoms. The molecule has 0 N–H and O–H groups in total. The Morgan fingerprint density at radius 2 is 1.91 bits per heavy atom. The van der Waals surface area contributed by atoms with Gasteiger partial charge in [0.1, 0.15) is 0 Å². The first-order valence-electron chi connectivity index (χ1n) is 3.52. The molecule has 0 heterocycles. The Bertz CT molecular complexity index is 182. The van der Waals surface area contributed by atoms with Crippen LogP contribution in [0.5, 0.6) is 0 Å². The zero-order valence-corrected chi connectivity index (χ0v) is 6.85. The molecule has 0 aliphatic rings. The lowest BCUT2D eigenvalue weighted by atomic mass is 10.1. The van der Waals surface area contributed by atoms with Crippen LogP contribution in [0.25, 0.3) is 0 Å². The number of carbonyl (C=O) groups is 2. The van der Waals surface area contributed by atoms with Gasteiger partial charge < -0.3 is 4.74 Å². The molecule has 0 saturated heterocycles. The molecule has 0 radical (unpaired) electrons. The highest BCUT2D eigenvalue weighted by atomic mass is 16.5. The summed E-state index contributed by atoms with van der Waals surface area (Å²) in [6.45, 7) is 7.07. The van der Waals surface area contributed by atoms with E-state index < -0.39 is 11.8 Å². The van der Waals surface area contributed by atoms with Crippen LogP contribution in [0, 0.1) is 0 Å². The Balaban J connectivity index is 4.03. The molecule has 3 nitrogen and oxygen atoms in total. The van der Waals surface area contributed by atoms with E-state index in [0.717, 1.165) is 0 Å². The third-order valence-electron chi connectivity index (χ3n) is 1.21. The maximum absolute atomic E-state index is 10.9. The van der Waals surface area contributed by atoms with Gasteiger partial charge in [-0.25, -0.2) is 4.79 Å². The van der Waals surface area contributed by atoms with Crippen molar-refractivity contribution in [3.8, 4) is 0 Å². The fourth-order valence-electron chi connectivity index (χ4n) is 0.502. The Morgan fingerprint density at radius 3 is 2.27 bits per heavy atom. The standard InChI is InChI=1S/C8H12O3/c1-4-6(3)7(9)8(10)11-5-2/h3-5H2,1-2H3. The Kier molecular flexibility index (Phi) is 4.18. The second-order valence-electron chi connectivity index (χ2n) is 2.01. The van der Waals surface area contributed by atoms with Crippen LogP contribution in [0.3, 0.4) is 0 Å². The predicted molar refractivity (Wildman–Crippen MR) is 41.1 cm³/mol. The number of hydrogen-bond donors (Lipinski definition) is 0. The first-order valence-corrected chi connectivity index (χ1v) is 3.52. The largest absolute Gasteiger partial charge is 0.460 e. The minimum atomic E-state index is -0.806. The van der Waals surface area contributed by atoms with E-state index >= 15 is 0 Å². The average Bonchev–Trinajstić information content (AvgIpc) is 2.02. The van der Waals surface area contributed by atoms with Crippen LogP contribution in [-0.2, 0) is 14.3 Å². The van der Waals surface area contributed by atoms with Crippen molar-refractivity contribution in [1.82, 2.24) is 0 Å². The summed E-state index contributed by atoms with van der Waals surface area (Å²) in [4.78, 5) is 21.6. The van der Waals surface area contributed by atoms with Crippen molar-refractivity contribution in [2.24, 2.45) is 0 Å². The maximum Gasteiger partial charge on any atom is 0.379 e. The highest BCUT2D eigenvalue weighted by molar-refractivity contribution is 6.40. The molecule has 0 aromatic heterocycles. The number of ether oxygens (including phenoxy) is 1. The topological polar surface area (TPSA) is 43.4 Å². The molecule has 0 aromatic rings. The predicted octanol–water partition coefficient (Wildman–Crippen LogP) is 1.08. The smallest absolute Gasteiger partial charge is 0.379 e. The summed E-state index contributed by atoms with van der Waals surface area (Å²) < 4.78 is 4.48. The van der Waals surface area contributed by atoms with Crippen LogP contribution >= 0.6 is 0 Å². The zero-order chi connectivity index (χ0) is 8.85. The van der Waals surface area contributed by atoms with Crippen molar-refractivity contribution in [3.05, 3.63) is 12.2 Å². The molecular formula is C8H12O3. The number of hydrogen-bond acceptors (Lipinski definition) is 3. The molecule has 0 saturated carbocycles. The number of Topliss-reactive ketones (excluding diaryl/α,β-unsaturated/α-hetero) is 1. The summed E-state index contributed by atoms with van der Waals surface area (Å²) in [5.41, 5.74) is 0.295. The summed E-state index contributed by atoms with van der Waals surface area (Å²) in [6.07, 6.45) is 0.484. The average molecular weight is 156 g/mol. The zero-order valence-electron chi connectivity index (χ0n) is 6.85. The summed E-state index contributed by atoms with van der Waals surface area (Å²) >= 11 is 0. The van der Waals surface area contributed by atoms with Gasteiger partial charge >= 0.3 is 5.97 Å². The van der Waals surface area contributed by atoms with Gasteiger partial charge in [-0.15, -0.1) is 0 Å². The van der Waals surface area contributed by atoms with Crippen molar-refractivity contribution in [3.63, 3.8) is 0 Å². The van der Waals surface area contributed by atoms with E-state index in [4.69, 9.17) is 0 Å². The van der Waals surface area contributed by atoms with Gasteiger partial charge in [-0.05, 0) is 18.9 Å². The van der Waals surface area contributed by atoms with E-state index in [9.17, 15) is 9.59 Å². The third kappa shape index (κ3) is 2.98. The molecule has 0 rings (SSSR count). The van der Waals surface area contributed by atoms with Crippen molar-refractivity contribution in [2.45, 2.75) is 20.3 Å². The number of rotatable bonds is 4. The Morgan fingerprint density at radius 1 is 1.36 bits per heavy atom. The van der Waals surface area contributed by atoms with Crippen LogP contribution < -0.4 is 0 Å². The molecule has 0 bridgehead atoms. The van der Waals surface area contributed by atoms with E-state index in [1.54, 1.807) is 13.8 Å². The second kappa shape index (κ2) is 4.66.